The molecular weight excluding hydrogens is 214 g/mol. The van der Waals surface area contributed by atoms with E-state index in [-0.39, 0.29) is 0 Å². The van der Waals surface area contributed by atoms with Crippen LogP contribution in [0.5, 0.6) is 0 Å². The molecule has 1 nitrogen and oxygen atoms in total. The largest absolute Gasteiger partial charge is 0.259 e. The summed E-state index contributed by atoms with van der Waals surface area (Å²) < 4.78 is 2.97. The van der Waals surface area contributed by atoms with Gasteiger partial charge in [0.05, 0.1) is 0 Å². The molecule has 1 aliphatic carbocycles. The van der Waals surface area contributed by atoms with Gasteiger partial charge < -0.3 is 0 Å². The first-order valence-corrected chi connectivity index (χ1v) is 9.30. The van der Waals surface area contributed by atoms with E-state index >= 15 is 0 Å². The summed E-state index contributed by atoms with van der Waals surface area (Å²) in [6, 6.07) is 0.901. The fraction of sp³-hybridized carbons (Fsp3) is 1.00. The second-order valence-corrected chi connectivity index (χ2v) is 10.4. The Hall–Kier alpha value is 0.310. The van der Waals surface area contributed by atoms with Crippen molar-refractivity contribution in [3.8, 4) is 0 Å². The molecule has 0 bridgehead atoms. The maximum Gasteiger partial charge on any atom is 0.0216 e. The van der Waals surface area contributed by atoms with E-state index in [0.717, 1.165) is 6.04 Å². The molecule has 0 radical (unpaired) electrons. The van der Waals surface area contributed by atoms with Gasteiger partial charge in [-0.05, 0) is 64.2 Å². The van der Waals surface area contributed by atoms with Crippen molar-refractivity contribution < 1.29 is 0 Å². The quantitative estimate of drug-likeness (QED) is 0.703. The smallest absolute Gasteiger partial charge is 0.0216 e. The maximum atomic E-state index is 2.97. The van der Waals surface area contributed by atoms with Gasteiger partial charge >= 0.3 is 0 Å². The molecule has 0 N–H and O–H groups in total. The van der Waals surface area contributed by atoms with Crippen LogP contribution in [0.15, 0.2) is 0 Å². The molecule has 0 unspecified atom stereocenters. The molecule has 2 rings (SSSR count). The molecular formula is C14H29NS. The van der Waals surface area contributed by atoms with Crippen LogP contribution in [0.3, 0.4) is 0 Å². The summed E-state index contributed by atoms with van der Waals surface area (Å²) in [6.45, 7) is 7.30. The van der Waals surface area contributed by atoms with Crippen LogP contribution in [0.1, 0.15) is 59.3 Å². The molecule has 0 aromatic carbocycles. The van der Waals surface area contributed by atoms with Crippen molar-refractivity contribution in [3.63, 3.8) is 0 Å². The van der Waals surface area contributed by atoms with Gasteiger partial charge in [0.1, 0.15) is 0 Å². The molecule has 0 aromatic heterocycles. The summed E-state index contributed by atoms with van der Waals surface area (Å²) in [5.74, 6) is 3.00. The predicted molar refractivity (Wildman–Crippen MR) is 76.3 cm³/mol. The fourth-order valence-electron chi connectivity index (χ4n) is 3.83. The minimum atomic E-state index is -0.452. The lowest BCUT2D eigenvalue weighted by Gasteiger charge is -2.54. The van der Waals surface area contributed by atoms with E-state index in [2.05, 4.69) is 31.3 Å². The Labute approximate surface area is 103 Å². The van der Waals surface area contributed by atoms with Crippen molar-refractivity contribution in [2.75, 3.05) is 17.8 Å². The molecule has 0 aromatic rings. The summed E-state index contributed by atoms with van der Waals surface area (Å²) in [7, 11) is -0.452. The minimum Gasteiger partial charge on any atom is -0.259 e. The topological polar surface area (TPSA) is 3.24 Å². The first kappa shape index (κ1) is 12.8. The summed E-state index contributed by atoms with van der Waals surface area (Å²) in [6.07, 6.45) is 11.4. The molecule has 1 saturated carbocycles. The van der Waals surface area contributed by atoms with Crippen LogP contribution in [0.25, 0.3) is 0 Å². The standard InChI is InChI=1S/C14H29NS/c1-14(2,3)15(13-9-5-6-10-13)16(4)11-7-8-12-16/h13H,5-12H2,1-4H3. The van der Waals surface area contributed by atoms with Crippen molar-refractivity contribution >= 4 is 10.2 Å². The first-order valence-electron chi connectivity index (χ1n) is 6.97. The molecule has 96 valence electrons. The zero-order chi connectivity index (χ0) is 11.8. The third-order valence-electron chi connectivity index (χ3n) is 4.21. The van der Waals surface area contributed by atoms with Gasteiger partial charge in [-0.3, -0.25) is 4.31 Å². The number of nitrogens with zero attached hydrogens (tertiary/aromatic N) is 1. The molecule has 16 heavy (non-hydrogen) atoms. The van der Waals surface area contributed by atoms with E-state index in [9.17, 15) is 0 Å². The van der Waals surface area contributed by atoms with E-state index in [4.69, 9.17) is 0 Å². The van der Waals surface area contributed by atoms with Gasteiger partial charge in [-0.2, -0.15) is 10.2 Å². The highest BCUT2D eigenvalue weighted by molar-refractivity contribution is 8.31. The van der Waals surface area contributed by atoms with Crippen LogP contribution in [0.4, 0.5) is 0 Å². The van der Waals surface area contributed by atoms with Gasteiger partial charge in [0, 0.05) is 11.6 Å². The number of rotatable bonds is 2. The second-order valence-electron chi connectivity index (χ2n) is 6.77. The van der Waals surface area contributed by atoms with Gasteiger partial charge in [0.25, 0.3) is 0 Å². The highest BCUT2D eigenvalue weighted by Crippen LogP contribution is 2.59. The number of hydrogen-bond acceptors (Lipinski definition) is 1. The Morgan fingerprint density at radius 1 is 0.938 bits per heavy atom. The zero-order valence-electron chi connectivity index (χ0n) is 11.6. The molecule has 2 fully saturated rings. The Kier molecular flexibility index (Phi) is 3.61. The molecule has 2 heteroatoms. The van der Waals surface area contributed by atoms with Crippen molar-refractivity contribution in [1.82, 2.24) is 4.31 Å². The van der Waals surface area contributed by atoms with Crippen LogP contribution in [-0.2, 0) is 0 Å². The number of hydrogen-bond donors (Lipinski definition) is 0. The lowest BCUT2D eigenvalue weighted by atomic mass is 10.1. The highest BCUT2D eigenvalue weighted by atomic mass is 32.3. The molecule has 0 amide bonds. The SMILES string of the molecule is CC(C)(C)N(C1CCCC1)S1(C)CCCC1. The average Bonchev–Trinajstić information content (AvgIpc) is 2.75. The van der Waals surface area contributed by atoms with Gasteiger partial charge in [-0.1, -0.05) is 12.8 Å². The maximum absolute atomic E-state index is 2.97. The lowest BCUT2D eigenvalue weighted by Crippen LogP contribution is -2.48. The van der Waals surface area contributed by atoms with E-state index in [1.54, 1.807) is 0 Å². The van der Waals surface area contributed by atoms with Crippen LogP contribution < -0.4 is 0 Å². The summed E-state index contributed by atoms with van der Waals surface area (Å²) in [4.78, 5) is 0. The minimum absolute atomic E-state index is 0.378. The Balaban J connectivity index is 2.19. The molecule has 2 aliphatic rings. The Morgan fingerprint density at radius 2 is 1.44 bits per heavy atom. The van der Waals surface area contributed by atoms with E-state index in [1.807, 2.05) is 0 Å². The zero-order valence-corrected chi connectivity index (χ0v) is 12.4. The van der Waals surface area contributed by atoms with E-state index < -0.39 is 10.2 Å². The van der Waals surface area contributed by atoms with Crippen molar-refractivity contribution in [2.24, 2.45) is 0 Å². The Morgan fingerprint density at radius 3 is 1.88 bits per heavy atom. The van der Waals surface area contributed by atoms with Gasteiger partial charge in [0.15, 0.2) is 0 Å². The molecule has 1 aliphatic heterocycles. The van der Waals surface area contributed by atoms with Crippen LogP contribution in [0, 0.1) is 0 Å². The normalized spacial score (nSPS) is 28.8. The summed E-state index contributed by atoms with van der Waals surface area (Å²) in [5, 5.41) is 0. The first-order chi connectivity index (χ1) is 7.43. The van der Waals surface area contributed by atoms with E-state index in [0.29, 0.717) is 5.54 Å². The van der Waals surface area contributed by atoms with Gasteiger partial charge in [-0.15, -0.1) is 0 Å². The van der Waals surface area contributed by atoms with Crippen molar-refractivity contribution in [3.05, 3.63) is 0 Å². The molecule has 1 saturated heterocycles. The molecule has 0 atom stereocenters. The second kappa shape index (κ2) is 4.53. The van der Waals surface area contributed by atoms with Crippen molar-refractivity contribution in [2.45, 2.75) is 70.9 Å². The van der Waals surface area contributed by atoms with Gasteiger partial charge in [0.2, 0.25) is 0 Å². The van der Waals surface area contributed by atoms with Gasteiger partial charge in [-0.25, -0.2) is 0 Å². The molecule has 1 heterocycles. The van der Waals surface area contributed by atoms with Crippen LogP contribution >= 0.6 is 10.2 Å². The third-order valence-corrected chi connectivity index (χ3v) is 8.34. The Bertz CT molecular complexity index is 232. The lowest BCUT2D eigenvalue weighted by molar-refractivity contribution is 0.205. The average molecular weight is 243 g/mol. The predicted octanol–water partition coefficient (Wildman–Crippen LogP) is 4.17. The third kappa shape index (κ3) is 2.43. The molecule has 0 spiro atoms. The summed E-state index contributed by atoms with van der Waals surface area (Å²) >= 11 is 0. The highest BCUT2D eigenvalue weighted by Gasteiger charge is 2.41. The fourth-order valence-corrected chi connectivity index (χ4v) is 8.33. The van der Waals surface area contributed by atoms with Crippen molar-refractivity contribution in [1.29, 1.82) is 0 Å². The summed E-state index contributed by atoms with van der Waals surface area (Å²) in [5.41, 5.74) is 0.378. The monoisotopic (exact) mass is 243 g/mol. The van der Waals surface area contributed by atoms with Crippen LogP contribution in [0.2, 0.25) is 0 Å². The van der Waals surface area contributed by atoms with Crippen LogP contribution in [-0.4, -0.2) is 33.6 Å². The van der Waals surface area contributed by atoms with E-state index in [1.165, 1.54) is 50.0 Å².